The molecule has 0 unspecified atom stereocenters. The van der Waals surface area contributed by atoms with Crippen LogP contribution >= 0.6 is 0 Å². The summed E-state index contributed by atoms with van der Waals surface area (Å²) in [6.07, 6.45) is 5.40. The summed E-state index contributed by atoms with van der Waals surface area (Å²) in [7, 11) is 0. The molecule has 16 nitrogen and oxygen atoms in total. The van der Waals surface area contributed by atoms with E-state index in [0.717, 1.165) is 13.0 Å². The number of aromatic amines is 1. The topological polar surface area (TPSA) is 259 Å². The van der Waals surface area contributed by atoms with Crippen molar-refractivity contribution in [3.63, 3.8) is 0 Å². The number of nitrogens with two attached hydrogens (primary N) is 2. The molecule has 16 heteroatoms. The molecule has 4 amide bonds. The van der Waals surface area contributed by atoms with Crippen LogP contribution in [0.5, 0.6) is 0 Å². The number of carbonyl (C=O) groups excluding carboxylic acids is 4. The Bertz CT molecular complexity index is 1150. The van der Waals surface area contributed by atoms with Crippen LogP contribution in [0.4, 0.5) is 0 Å². The first-order valence-corrected chi connectivity index (χ1v) is 15.5. The second kappa shape index (κ2) is 18.6. The smallest absolute Gasteiger partial charge is 0.326 e. The number of carboxylic acid groups (broad SMARTS) is 1. The number of aliphatic carboxylic acids is 1. The van der Waals surface area contributed by atoms with Gasteiger partial charge in [0.1, 0.15) is 24.2 Å². The number of H-pyrrole nitrogens is 1. The number of guanidine groups is 1. The Morgan fingerprint density at radius 2 is 1.51 bits per heavy atom. The Balaban J connectivity index is 2.20. The summed E-state index contributed by atoms with van der Waals surface area (Å²) in [6.45, 7) is 8.56. The van der Waals surface area contributed by atoms with Gasteiger partial charge in [0.2, 0.25) is 23.6 Å². The molecule has 2 heterocycles. The van der Waals surface area contributed by atoms with Gasteiger partial charge in [-0.05, 0) is 56.9 Å². The number of nitrogens with zero attached hydrogens (tertiary/aromatic N) is 2. The lowest BCUT2D eigenvalue weighted by Crippen LogP contribution is -2.59. The van der Waals surface area contributed by atoms with Crippen molar-refractivity contribution in [3.8, 4) is 0 Å². The van der Waals surface area contributed by atoms with Crippen molar-refractivity contribution in [1.82, 2.24) is 36.6 Å². The highest BCUT2D eigenvalue weighted by molar-refractivity contribution is 5.95. The molecule has 1 aliphatic heterocycles. The Morgan fingerprint density at radius 3 is 2.02 bits per heavy atom. The monoisotopic (exact) mass is 634 g/mol. The average Bonchev–Trinajstić information content (AvgIpc) is 3.67. The normalized spacial score (nSPS) is 17.2. The van der Waals surface area contributed by atoms with Gasteiger partial charge in [-0.3, -0.25) is 24.2 Å². The van der Waals surface area contributed by atoms with Gasteiger partial charge < -0.3 is 48.1 Å². The van der Waals surface area contributed by atoms with Gasteiger partial charge in [-0.15, -0.1) is 0 Å². The van der Waals surface area contributed by atoms with E-state index in [2.05, 4.69) is 41.5 Å². The summed E-state index contributed by atoms with van der Waals surface area (Å²) < 4.78 is 0. The van der Waals surface area contributed by atoms with E-state index in [1.54, 1.807) is 0 Å². The standard InChI is InChI=1S/C29H50N10O6/c1-16(2)11-21(37-24(40)19-7-5-9-33-19)25(41)38-22(12-17(3)4)26(42)39-23(13-18-14-32-15-35-18)27(43)36-20(28(44)45)8-6-10-34-29(30)31/h14-17,19-23,33H,5-13H2,1-4H3,(H,32,35)(H,36,43)(H,37,40)(H,38,41)(H,39,42)(H,44,45)(H4,30,31,34)/t19-,20-,21-,22-,23-/m0/s1. The summed E-state index contributed by atoms with van der Waals surface area (Å²) in [6, 6.07) is -4.70. The lowest BCUT2D eigenvalue weighted by atomic mass is 9.99. The molecule has 1 aromatic heterocycles. The van der Waals surface area contributed by atoms with Gasteiger partial charge in [-0.25, -0.2) is 9.78 Å². The van der Waals surface area contributed by atoms with Crippen LogP contribution in [0.3, 0.4) is 0 Å². The van der Waals surface area contributed by atoms with Gasteiger partial charge in [0.25, 0.3) is 0 Å². The molecule has 252 valence electrons. The number of hydrogen-bond donors (Lipinski definition) is 9. The number of aromatic nitrogens is 2. The summed E-state index contributed by atoms with van der Waals surface area (Å²) in [5, 5.41) is 23.6. The molecule has 0 aliphatic carbocycles. The highest BCUT2D eigenvalue weighted by Crippen LogP contribution is 2.12. The predicted octanol–water partition coefficient (Wildman–Crippen LogP) is -1.13. The van der Waals surface area contributed by atoms with E-state index < -0.39 is 47.9 Å². The van der Waals surface area contributed by atoms with Crippen molar-refractivity contribution in [2.75, 3.05) is 13.1 Å². The van der Waals surface area contributed by atoms with Crippen molar-refractivity contribution in [2.45, 2.75) is 103 Å². The number of nitrogens with one attached hydrogen (secondary N) is 6. The van der Waals surface area contributed by atoms with E-state index in [1.165, 1.54) is 12.5 Å². The molecule has 0 radical (unpaired) electrons. The predicted molar refractivity (Wildman–Crippen MR) is 167 cm³/mol. The fourth-order valence-electron chi connectivity index (χ4n) is 4.99. The zero-order chi connectivity index (χ0) is 33.5. The maximum absolute atomic E-state index is 13.6. The van der Waals surface area contributed by atoms with Crippen molar-refractivity contribution >= 4 is 35.6 Å². The molecule has 45 heavy (non-hydrogen) atoms. The molecule has 1 aliphatic rings. The lowest BCUT2D eigenvalue weighted by Gasteiger charge is -2.27. The molecule has 1 saturated heterocycles. The quantitative estimate of drug-likeness (QED) is 0.0503. The Morgan fingerprint density at radius 1 is 0.933 bits per heavy atom. The molecule has 1 fully saturated rings. The van der Waals surface area contributed by atoms with Crippen molar-refractivity contribution < 1.29 is 29.1 Å². The third-order valence-electron chi connectivity index (χ3n) is 7.23. The number of amides is 4. The van der Waals surface area contributed by atoms with E-state index >= 15 is 0 Å². The molecule has 0 aromatic carbocycles. The van der Waals surface area contributed by atoms with Crippen molar-refractivity contribution in [2.24, 2.45) is 28.3 Å². The maximum atomic E-state index is 13.6. The molecule has 5 atom stereocenters. The molecule has 11 N–H and O–H groups in total. The number of carboxylic acids is 1. The van der Waals surface area contributed by atoms with Gasteiger partial charge in [0.15, 0.2) is 5.96 Å². The number of hydrogen-bond acceptors (Lipinski definition) is 8. The Hall–Kier alpha value is -4.21. The Labute approximate surface area is 263 Å². The molecular formula is C29H50N10O6. The zero-order valence-electron chi connectivity index (χ0n) is 26.6. The molecule has 1 aromatic rings. The van der Waals surface area contributed by atoms with Gasteiger partial charge in [0.05, 0.1) is 12.4 Å². The van der Waals surface area contributed by atoms with Crippen LogP contribution in [0.1, 0.15) is 71.9 Å². The summed E-state index contributed by atoms with van der Waals surface area (Å²) in [4.78, 5) is 75.9. The fourth-order valence-corrected chi connectivity index (χ4v) is 4.99. The SMILES string of the molecule is CC(C)C[C@H](NC(=O)[C@@H]1CCCN1)C(=O)N[C@@H](CC(C)C)C(=O)N[C@@H](Cc1cnc[nH]1)C(=O)N[C@@H](CCCN=C(N)N)C(=O)O. The number of carbonyl (C=O) groups is 5. The molecular weight excluding hydrogens is 584 g/mol. The van der Waals surface area contributed by atoms with E-state index in [1.807, 2.05) is 27.7 Å². The molecule has 0 spiro atoms. The van der Waals surface area contributed by atoms with Crippen LogP contribution in [-0.2, 0) is 30.4 Å². The third kappa shape index (κ3) is 13.5. The summed E-state index contributed by atoms with van der Waals surface area (Å²) in [5.74, 6) is -3.42. The highest BCUT2D eigenvalue weighted by atomic mass is 16.4. The van der Waals surface area contributed by atoms with Gasteiger partial charge in [0, 0.05) is 24.9 Å². The van der Waals surface area contributed by atoms with Gasteiger partial charge in [-0.2, -0.15) is 0 Å². The number of rotatable bonds is 19. The van der Waals surface area contributed by atoms with Crippen LogP contribution in [0.25, 0.3) is 0 Å². The minimum atomic E-state index is -1.26. The van der Waals surface area contributed by atoms with Gasteiger partial charge in [-0.1, -0.05) is 27.7 Å². The largest absolute Gasteiger partial charge is 0.480 e. The minimum Gasteiger partial charge on any atom is -0.480 e. The van der Waals surface area contributed by atoms with Crippen LogP contribution in [-0.4, -0.2) is 93.9 Å². The lowest BCUT2D eigenvalue weighted by molar-refractivity contribution is -0.142. The Kier molecular flexibility index (Phi) is 15.3. The summed E-state index contributed by atoms with van der Waals surface area (Å²) in [5.41, 5.74) is 11.2. The molecule has 0 bridgehead atoms. The van der Waals surface area contributed by atoms with E-state index in [0.29, 0.717) is 25.0 Å². The molecule has 2 rings (SSSR count). The summed E-state index contributed by atoms with van der Waals surface area (Å²) >= 11 is 0. The zero-order valence-corrected chi connectivity index (χ0v) is 26.6. The second-order valence-electron chi connectivity index (χ2n) is 12.2. The van der Waals surface area contributed by atoms with E-state index in [4.69, 9.17) is 11.5 Å². The van der Waals surface area contributed by atoms with Crippen LogP contribution < -0.4 is 38.1 Å². The maximum Gasteiger partial charge on any atom is 0.326 e. The highest BCUT2D eigenvalue weighted by Gasteiger charge is 2.33. The van der Waals surface area contributed by atoms with Crippen molar-refractivity contribution in [3.05, 3.63) is 18.2 Å². The van der Waals surface area contributed by atoms with E-state index in [-0.39, 0.29) is 55.6 Å². The van der Waals surface area contributed by atoms with Gasteiger partial charge >= 0.3 is 5.97 Å². The fraction of sp³-hybridized carbons (Fsp3) is 0.690. The number of aliphatic imine (C=N–C) groups is 1. The average molecular weight is 635 g/mol. The van der Waals surface area contributed by atoms with Crippen LogP contribution in [0.2, 0.25) is 0 Å². The molecule has 0 saturated carbocycles. The first kappa shape index (κ1) is 37.0. The first-order chi connectivity index (χ1) is 21.3. The second-order valence-corrected chi connectivity index (χ2v) is 12.2. The van der Waals surface area contributed by atoms with Crippen molar-refractivity contribution in [1.29, 1.82) is 0 Å². The first-order valence-electron chi connectivity index (χ1n) is 15.5. The van der Waals surface area contributed by atoms with Crippen LogP contribution in [0.15, 0.2) is 17.5 Å². The van der Waals surface area contributed by atoms with Crippen LogP contribution in [0, 0.1) is 11.8 Å². The number of imidazole rings is 1. The van der Waals surface area contributed by atoms with E-state index in [9.17, 15) is 29.1 Å². The third-order valence-corrected chi connectivity index (χ3v) is 7.23. The minimum absolute atomic E-state index is 0.0108.